The molecule has 1 N–H and O–H groups in total. The molecule has 15 heavy (non-hydrogen) atoms. The normalized spacial score (nSPS) is 14.1. The van der Waals surface area contributed by atoms with E-state index < -0.39 is 0 Å². The molecular weight excluding hydrogens is 192 g/mol. The zero-order valence-corrected chi connectivity index (χ0v) is 9.17. The Kier molecular flexibility index (Phi) is 2.82. The molecule has 2 rings (SSSR count). The van der Waals surface area contributed by atoms with Gasteiger partial charge >= 0.3 is 0 Å². The molecule has 0 saturated heterocycles. The number of ether oxygens (including phenoxy) is 2. The molecule has 0 unspecified atom stereocenters. The highest BCUT2D eigenvalue weighted by Gasteiger charge is 2.19. The largest absolute Gasteiger partial charge is 0.486 e. The van der Waals surface area contributed by atoms with Crippen LogP contribution in [0.1, 0.15) is 16.7 Å². The van der Waals surface area contributed by atoms with Gasteiger partial charge in [0.15, 0.2) is 11.5 Å². The van der Waals surface area contributed by atoms with E-state index in [1.54, 1.807) is 0 Å². The van der Waals surface area contributed by atoms with E-state index in [9.17, 15) is 0 Å². The van der Waals surface area contributed by atoms with Gasteiger partial charge in [0.05, 0.1) is 0 Å². The predicted molar refractivity (Wildman–Crippen MR) is 57.7 cm³/mol. The molecule has 3 nitrogen and oxygen atoms in total. The first-order chi connectivity index (χ1) is 7.24. The SMILES string of the molecule is Cc1cc(CCO)c2c(c1C)OCCO2. The van der Waals surface area contributed by atoms with Crippen LogP contribution in [0.5, 0.6) is 11.5 Å². The topological polar surface area (TPSA) is 38.7 Å². The summed E-state index contributed by atoms with van der Waals surface area (Å²) in [6.07, 6.45) is 0.618. The van der Waals surface area contributed by atoms with E-state index in [1.165, 1.54) is 5.56 Å². The Morgan fingerprint density at radius 2 is 1.87 bits per heavy atom. The number of aryl methyl sites for hydroxylation is 1. The smallest absolute Gasteiger partial charge is 0.164 e. The van der Waals surface area contributed by atoms with Gasteiger partial charge < -0.3 is 14.6 Å². The minimum Gasteiger partial charge on any atom is -0.486 e. The molecule has 3 heteroatoms. The van der Waals surface area contributed by atoms with E-state index >= 15 is 0 Å². The van der Waals surface area contributed by atoms with Crippen LogP contribution < -0.4 is 9.47 Å². The van der Waals surface area contributed by atoms with Crippen LogP contribution in [0.2, 0.25) is 0 Å². The molecule has 1 aromatic rings. The molecule has 0 saturated carbocycles. The summed E-state index contributed by atoms with van der Waals surface area (Å²) in [6, 6.07) is 2.07. The first kappa shape index (κ1) is 10.3. The summed E-state index contributed by atoms with van der Waals surface area (Å²) in [7, 11) is 0. The zero-order chi connectivity index (χ0) is 10.8. The van der Waals surface area contributed by atoms with Gasteiger partial charge in [0.1, 0.15) is 13.2 Å². The lowest BCUT2D eigenvalue weighted by Gasteiger charge is -2.23. The maximum Gasteiger partial charge on any atom is 0.164 e. The van der Waals surface area contributed by atoms with E-state index in [0.717, 1.165) is 22.6 Å². The van der Waals surface area contributed by atoms with E-state index in [4.69, 9.17) is 14.6 Å². The van der Waals surface area contributed by atoms with Crippen molar-refractivity contribution in [1.29, 1.82) is 0 Å². The fraction of sp³-hybridized carbons (Fsp3) is 0.500. The van der Waals surface area contributed by atoms with Crippen molar-refractivity contribution in [2.75, 3.05) is 19.8 Å². The number of benzene rings is 1. The molecule has 1 aliphatic heterocycles. The van der Waals surface area contributed by atoms with E-state index in [0.29, 0.717) is 19.6 Å². The lowest BCUT2D eigenvalue weighted by molar-refractivity contribution is 0.167. The molecule has 0 spiro atoms. The maximum absolute atomic E-state index is 8.99. The number of aliphatic hydroxyl groups excluding tert-OH is 1. The third-order valence-electron chi connectivity index (χ3n) is 2.78. The van der Waals surface area contributed by atoms with Gasteiger partial charge in [-0.1, -0.05) is 6.07 Å². The standard InChI is InChI=1S/C12H16O3/c1-8-7-10(3-4-13)12-11(9(8)2)14-5-6-15-12/h7,13H,3-6H2,1-2H3. The Balaban J connectivity index is 2.51. The second-order valence-electron chi connectivity index (χ2n) is 3.81. The van der Waals surface area contributed by atoms with Crippen molar-refractivity contribution in [3.8, 4) is 11.5 Å². The van der Waals surface area contributed by atoms with Gasteiger partial charge in [-0.2, -0.15) is 0 Å². The summed E-state index contributed by atoms with van der Waals surface area (Å²) in [4.78, 5) is 0. The fourth-order valence-corrected chi connectivity index (χ4v) is 1.86. The van der Waals surface area contributed by atoms with Gasteiger partial charge in [-0.05, 0) is 31.4 Å². The molecule has 82 valence electrons. The minimum absolute atomic E-state index is 0.137. The maximum atomic E-state index is 8.99. The number of aliphatic hydroxyl groups is 1. The van der Waals surface area contributed by atoms with Gasteiger partial charge in [-0.15, -0.1) is 0 Å². The van der Waals surface area contributed by atoms with Crippen LogP contribution in [0.3, 0.4) is 0 Å². The van der Waals surface area contributed by atoms with Crippen molar-refractivity contribution in [2.45, 2.75) is 20.3 Å². The van der Waals surface area contributed by atoms with E-state index in [-0.39, 0.29) is 6.61 Å². The molecule has 0 aliphatic carbocycles. The molecular formula is C12H16O3. The summed E-state index contributed by atoms with van der Waals surface area (Å²) < 4.78 is 11.2. The van der Waals surface area contributed by atoms with Gasteiger partial charge in [0, 0.05) is 12.2 Å². The Labute approximate surface area is 89.6 Å². The molecule has 0 radical (unpaired) electrons. The van der Waals surface area contributed by atoms with Crippen LogP contribution in [0.15, 0.2) is 6.07 Å². The molecule has 0 atom stereocenters. The highest BCUT2D eigenvalue weighted by molar-refractivity contribution is 5.55. The van der Waals surface area contributed by atoms with Gasteiger partial charge in [0.2, 0.25) is 0 Å². The third-order valence-corrected chi connectivity index (χ3v) is 2.78. The van der Waals surface area contributed by atoms with Crippen molar-refractivity contribution in [2.24, 2.45) is 0 Å². The second kappa shape index (κ2) is 4.11. The monoisotopic (exact) mass is 208 g/mol. The predicted octanol–water partition coefficient (Wildman–Crippen LogP) is 1.61. The summed E-state index contributed by atoms with van der Waals surface area (Å²) in [5, 5.41) is 8.99. The average Bonchev–Trinajstić information content (AvgIpc) is 2.26. The number of hydrogen-bond donors (Lipinski definition) is 1. The molecule has 0 amide bonds. The molecule has 1 heterocycles. The summed E-state index contributed by atoms with van der Waals surface area (Å²) >= 11 is 0. The quantitative estimate of drug-likeness (QED) is 0.802. The summed E-state index contributed by atoms with van der Waals surface area (Å²) in [6.45, 7) is 5.42. The zero-order valence-electron chi connectivity index (χ0n) is 9.17. The van der Waals surface area contributed by atoms with Crippen molar-refractivity contribution >= 4 is 0 Å². The van der Waals surface area contributed by atoms with Crippen LogP contribution in [0.25, 0.3) is 0 Å². The molecule has 0 aromatic heterocycles. The molecule has 0 fully saturated rings. The Morgan fingerprint density at radius 3 is 2.53 bits per heavy atom. The highest BCUT2D eigenvalue weighted by atomic mass is 16.6. The second-order valence-corrected chi connectivity index (χ2v) is 3.81. The van der Waals surface area contributed by atoms with Crippen LogP contribution in [-0.2, 0) is 6.42 Å². The minimum atomic E-state index is 0.137. The van der Waals surface area contributed by atoms with Gasteiger partial charge in [-0.25, -0.2) is 0 Å². The summed E-state index contributed by atoms with van der Waals surface area (Å²) in [5.41, 5.74) is 3.35. The van der Waals surface area contributed by atoms with E-state index in [1.807, 2.05) is 6.92 Å². The summed E-state index contributed by atoms with van der Waals surface area (Å²) in [5.74, 6) is 1.67. The van der Waals surface area contributed by atoms with E-state index in [2.05, 4.69) is 13.0 Å². The number of hydrogen-bond acceptors (Lipinski definition) is 3. The fourth-order valence-electron chi connectivity index (χ4n) is 1.86. The van der Waals surface area contributed by atoms with Crippen LogP contribution in [0, 0.1) is 13.8 Å². The van der Waals surface area contributed by atoms with Crippen molar-refractivity contribution in [3.05, 3.63) is 22.8 Å². The molecule has 1 aliphatic rings. The molecule has 1 aromatic carbocycles. The first-order valence-corrected chi connectivity index (χ1v) is 5.23. The Bertz CT molecular complexity index is 372. The third kappa shape index (κ3) is 1.79. The lowest BCUT2D eigenvalue weighted by atomic mass is 10.0. The highest BCUT2D eigenvalue weighted by Crippen LogP contribution is 2.38. The lowest BCUT2D eigenvalue weighted by Crippen LogP contribution is -2.18. The average molecular weight is 208 g/mol. The van der Waals surface area contributed by atoms with Gasteiger partial charge in [-0.3, -0.25) is 0 Å². The molecule has 0 bridgehead atoms. The van der Waals surface area contributed by atoms with Crippen LogP contribution in [0.4, 0.5) is 0 Å². The number of fused-ring (bicyclic) bond motifs is 1. The van der Waals surface area contributed by atoms with Gasteiger partial charge in [0.25, 0.3) is 0 Å². The van der Waals surface area contributed by atoms with Crippen molar-refractivity contribution in [3.63, 3.8) is 0 Å². The van der Waals surface area contributed by atoms with Crippen molar-refractivity contribution < 1.29 is 14.6 Å². The Hall–Kier alpha value is -1.22. The number of rotatable bonds is 2. The first-order valence-electron chi connectivity index (χ1n) is 5.23. The van der Waals surface area contributed by atoms with Crippen LogP contribution >= 0.6 is 0 Å². The Morgan fingerprint density at radius 1 is 1.20 bits per heavy atom. The van der Waals surface area contributed by atoms with Crippen molar-refractivity contribution in [1.82, 2.24) is 0 Å². The van der Waals surface area contributed by atoms with Crippen LogP contribution in [-0.4, -0.2) is 24.9 Å².